The topological polar surface area (TPSA) is 111 Å². The van der Waals surface area contributed by atoms with Gasteiger partial charge in [-0.05, 0) is 38.1 Å². The number of ketones is 4. The molecule has 0 radical (unpaired) electrons. The van der Waals surface area contributed by atoms with Gasteiger partial charge in [-0.3, -0.25) is 19.2 Å². The Bertz CT molecular complexity index is 2250. The van der Waals surface area contributed by atoms with Gasteiger partial charge < -0.3 is 9.47 Å². The minimum Gasteiger partial charge on any atom is -0.494 e. The largest absolute Gasteiger partial charge is 0.494 e. The number of rotatable bonds is 13. The van der Waals surface area contributed by atoms with Crippen molar-refractivity contribution in [1.82, 2.24) is 0 Å². The van der Waals surface area contributed by atoms with Crippen LogP contribution >= 0.6 is 0 Å². The molecule has 0 aromatic heterocycles. The Kier molecular flexibility index (Phi) is 11.2. The van der Waals surface area contributed by atoms with Crippen LogP contribution in [0.1, 0.15) is 77.5 Å². The van der Waals surface area contributed by atoms with Crippen molar-refractivity contribution in [3.8, 4) is 11.5 Å². The van der Waals surface area contributed by atoms with E-state index in [9.17, 15) is 19.2 Å². The van der Waals surface area contributed by atoms with Crippen LogP contribution in [0.15, 0.2) is 156 Å². The van der Waals surface area contributed by atoms with Crippen molar-refractivity contribution < 1.29 is 28.7 Å². The van der Waals surface area contributed by atoms with Gasteiger partial charge in [-0.2, -0.15) is 0 Å². The first-order valence-electron chi connectivity index (χ1n) is 17.1. The Labute approximate surface area is 313 Å². The van der Waals surface area contributed by atoms with Crippen molar-refractivity contribution in [2.24, 2.45) is 9.98 Å². The molecule has 0 amide bonds. The highest BCUT2D eigenvalue weighted by Crippen LogP contribution is 2.38. The molecule has 0 spiro atoms. The molecule has 0 saturated heterocycles. The van der Waals surface area contributed by atoms with E-state index in [1.165, 1.54) is 26.4 Å². The number of carbonyl (C=O) groups is 4. The molecule has 0 atom stereocenters. The first kappa shape index (κ1) is 36.7. The lowest BCUT2D eigenvalue weighted by atomic mass is 9.95. The molecule has 0 heterocycles. The lowest BCUT2D eigenvalue weighted by molar-refractivity contribution is 0.102. The van der Waals surface area contributed by atoms with Crippen molar-refractivity contribution in [3.05, 3.63) is 190 Å². The molecule has 0 bridgehead atoms. The van der Waals surface area contributed by atoms with Crippen LogP contribution in [0.25, 0.3) is 0 Å². The normalized spacial score (nSPS) is 11.5. The molecular weight excluding hydrogens is 677 g/mol. The first-order valence-corrected chi connectivity index (χ1v) is 17.1. The summed E-state index contributed by atoms with van der Waals surface area (Å²) < 4.78 is 11.5. The van der Waals surface area contributed by atoms with Crippen LogP contribution in [0.5, 0.6) is 11.5 Å². The van der Waals surface area contributed by atoms with Gasteiger partial charge in [0.25, 0.3) is 0 Å². The van der Waals surface area contributed by atoms with Crippen molar-refractivity contribution in [2.75, 3.05) is 14.2 Å². The van der Waals surface area contributed by atoms with Crippen molar-refractivity contribution in [1.29, 1.82) is 0 Å². The second-order valence-electron chi connectivity index (χ2n) is 12.3. The minimum absolute atomic E-state index is 0.160. The molecule has 0 unspecified atom stereocenters. The van der Waals surface area contributed by atoms with Gasteiger partial charge in [0.05, 0.1) is 36.8 Å². The Hall–Kier alpha value is -7.06. The monoisotopic (exact) mass is 712 g/mol. The fraction of sp³-hybridized carbons (Fsp3) is 0.0870. The van der Waals surface area contributed by atoms with Crippen LogP contribution in [0.2, 0.25) is 0 Å². The van der Waals surface area contributed by atoms with Crippen LogP contribution in [0.4, 0.5) is 11.4 Å². The number of benzene rings is 6. The van der Waals surface area contributed by atoms with E-state index in [0.29, 0.717) is 33.7 Å². The van der Waals surface area contributed by atoms with Gasteiger partial charge in [-0.15, -0.1) is 0 Å². The maximum absolute atomic E-state index is 14.1. The zero-order chi connectivity index (χ0) is 38.2. The number of hydrogen-bond donors (Lipinski definition) is 0. The molecule has 0 aliphatic rings. The van der Waals surface area contributed by atoms with E-state index in [1.54, 1.807) is 123 Å². The summed E-state index contributed by atoms with van der Waals surface area (Å²) in [5.74, 6) is -0.840. The van der Waals surface area contributed by atoms with Crippen molar-refractivity contribution in [3.63, 3.8) is 0 Å². The summed E-state index contributed by atoms with van der Waals surface area (Å²) in [4.78, 5) is 65.0. The highest BCUT2D eigenvalue weighted by atomic mass is 16.5. The maximum Gasteiger partial charge on any atom is 0.195 e. The van der Waals surface area contributed by atoms with E-state index in [0.717, 1.165) is 0 Å². The summed E-state index contributed by atoms with van der Waals surface area (Å²) in [5.41, 5.74) is 3.77. The molecule has 8 nitrogen and oxygen atoms in total. The summed E-state index contributed by atoms with van der Waals surface area (Å²) in [5, 5.41) is 0. The van der Waals surface area contributed by atoms with Crippen LogP contribution in [-0.4, -0.2) is 48.8 Å². The Morgan fingerprint density at radius 2 is 0.667 bits per heavy atom. The summed E-state index contributed by atoms with van der Waals surface area (Å²) in [6.07, 6.45) is 0. The lowest BCUT2D eigenvalue weighted by Gasteiger charge is -2.15. The summed E-state index contributed by atoms with van der Waals surface area (Å²) in [6.45, 7) is 3.44. The number of methoxy groups -OCH3 is 2. The van der Waals surface area contributed by atoms with E-state index in [-0.39, 0.29) is 68.3 Å². The molecular formula is C46H36N2O6. The predicted octanol–water partition coefficient (Wildman–Crippen LogP) is 9.51. The zero-order valence-electron chi connectivity index (χ0n) is 30.2. The lowest BCUT2D eigenvalue weighted by Crippen LogP contribution is -2.11. The molecule has 6 aromatic rings. The molecule has 0 aliphatic heterocycles. The van der Waals surface area contributed by atoms with E-state index in [1.807, 2.05) is 24.3 Å². The van der Waals surface area contributed by atoms with E-state index < -0.39 is 0 Å². The molecule has 0 aliphatic carbocycles. The molecule has 0 fully saturated rings. The second-order valence-corrected chi connectivity index (χ2v) is 12.3. The highest BCUT2D eigenvalue weighted by Gasteiger charge is 2.24. The number of ether oxygens (including phenoxy) is 2. The Morgan fingerprint density at radius 3 is 0.944 bits per heavy atom. The molecule has 54 heavy (non-hydrogen) atoms. The second kappa shape index (κ2) is 16.5. The van der Waals surface area contributed by atoms with Gasteiger partial charge in [0, 0.05) is 33.4 Å². The van der Waals surface area contributed by atoms with E-state index in [4.69, 9.17) is 19.5 Å². The predicted molar refractivity (Wildman–Crippen MR) is 211 cm³/mol. The fourth-order valence-electron chi connectivity index (χ4n) is 5.87. The molecule has 8 heteroatoms. The van der Waals surface area contributed by atoms with Gasteiger partial charge in [0.1, 0.15) is 22.9 Å². The van der Waals surface area contributed by atoms with Crippen molar-refractivity contribution in [2.45, 2.75) is 13.8 Å². The maximum atomic E-state index is 14.1. The van der Waals surface area contributed by atoms with Gasteiger partial charge >= 0.3 is 0 Å². The molecule has 266 valence electrons. The third-order valence-corrected chi connectivity index (χ3v) is 8.83. The molecule has 6 aromatic carbocycles. The first-order chi connectivity index (χ1) is 26.2. The highest BCUT2D eigenvalue weighted by molar-refractivity contribution is 6.42. The standard InChI is InChI=1S/C46H36N2O6/c1-29(47-41-37(45(51)33-21-13-7-14-22-33)25-35(27-39(41)53-3)43(49)31-17-9-5-10-18-31)30(2)48-42-38(46(52)34-23-15-8-16-24-34)26-36(28-40(42)54-4)44(50)32-19-11-6-12-20-32/h5-28H,1-4H3/b47-29+,48-30+. The van der Waals surface area contributed by atoms with Gasteiger partial charge in [0.15, 0.2) is 23.1 Å². The SMILES string of the molecule is COc1cc(C(=O)c2ccccc2)cc(C(=O)c2ccccc2)c1/N=C(C)/C(C)=N/c1c(OC)cc(C(=O)c2ccccc2)cc1C(=O)c1ccccc1. The molecule has 0 saturated carbocycles. The van der Waals surface area contributed by atoms with Gasteiger partial charge in [-0.1, -0.05) is 121 Å². The Balaban J connectivity index is 1.50. The summed E-state index contributed by atoms with van der Waals surface area (Å²) in [6, 6.07) is 41.2. The quantitative estimate of drug-likeness (QED) is 0.0871. The third-order valence-electron chi connectivity index (χ3n) is 8.83. The van der Waals surface area contributed by atoms with Gasteiger partial charge in [-0.25, -0.2) is 9.98 Å². The number of carbonyl (C=O) groups excluding carboxylic acids is 4. The number of nitrogens with zero attached hydrogens (tertiary/aromatic N) is 2. The van der Waals surface area contributed by atoms with Crippen molar-refractivity contribution >= 4 is 45.9 Å². The zero-order valence-corrected chi connectivity index (χ0v) is 30.2. The number of hydrogen-bond acceptors (Lipinski definition) is 8. The Morgan fingerprint density at radius 1 is 0.389 bits per heavy atom. The van der Waals surface area contributed by atoms with Crippen LogP contribution in [0.3, 0.4) is 0 Å². The van der Waals surface area contributed by atoms with Gasteiger partial charge in [0.2, 0.25) is 0 Å². The van der Waals surface area contributed by atoms with E-state index >= 15 is 0 Å². The van der Waals surface area contributed by atoms with E-state index in [2.05, 4.69) is 0 Å². The van der Waals surface area contributed by atoms with Crippen LogP contribution in [0, 0.1) is 0 Å². The average Bonchev–Trinajstić information content (AvgIpc) is 3.23. The molecule has 0 N–H and O–H groups in total. The molecule has 6 rings (SSSR count). The smallest absolute Gasteiger partial charge is 0.195 e. The summed E-state index contributed by atoms with van der Waals surface area (Å²) in [7, 11) is 2.89. The minimum atomic E-state index is -0.353. The van der Waals surface area contributed by atoms with Crippen LogP contribution in [-0.2, 0) is 0 Å². The summed E-state index contributed by atoms with van der Waals surface area (Å²) >= 11 is 0. The third kappa shape index (κ3) is 7.88. The van der Waals surface area contributed by atoms with Crippen LogP contribution < -0.4 is 9.47 Å². The average molecular weight is 713 g/mol. The number of aliphatic imine (C=N–C) groups is 2. The fourth-order valence-corrected chi connectivity index (χ4v) is 5.87.